The summed E-state index contributed by atoms with van der Waals surface area (Å²) in [6.45, 7) is 2.08. The van der Waals surface area contributed by atoms with E-state index in [0.29, 0.717) is 11.3 Å². The number of anilines is 1. The maximum atomic E-state index is 13.6. The molecule has 1 atom stereocenters. The molecule has 0 spiro atoms. The monoisotopic (exact) mass is 490 g/mol. The zero-order chi connectivity index (χ0) is 25.7. The maximum Gasteiger partial charge on any atom is 0.300 e. The number of aryl methyl sites for hydroxylation is 4. The highest BCUT2D eigenvalue weighted by Crippen LogP contribution is 2.45. The minimum Gasteiger partial charge on any atom is -0.507 e. The van der Waals surface area contributed by atoms with Crippen LogP contribution in [0.1, 0.15) is 53.6 Å². The summed E-state index contributed by atoms with van der Waals surface area (Å²) >= 11 is 0. The molecule has 1 saturated heterocycles. The van der Waals surface area contributed by atoms with E-state index in [2.05, 4.69) is 13.0 Å². The molecule has 0 saturated carbocycles. The van der Waals surface area contributed by atoms with Crippen molar-refractivity contribution < 1.29 is 14.7 Å². The molecule has 1 amide bonds. The van der Waals surface area contributed by atoms with Crippen LogP contribution in [0.15, 0.2) is 78.5 Å². The SMILES string of the molecule is CCc1ccc(N2C(=O)C(=O)/C(=C(/O)c3ccc4c(c3)CCCC4)C2c2cn(C)c3ccccc23)cc1. The molecule has 1 N–H and O–H groups in total. The van der Waals surface area contributed by atoms with Gasteiger partial charge < -0.3 is 9.67 Å². The van der Waals surface area contributed by atoms with Gasteiger partial charge in [-0.3, -0.25) is 14.5 Å². The molecule has 1 aliphatic carbocycles. The number of aliphatic hydroxyl groups excluding tert-OH is 1. The van der Waals surface area contributed by atoms with Crippen molar-refractivity contribution in [2.75, 3.05) is 4.90 Å². The van der Waals surface area contributed by atoms with Gasteiger partial charge in [0.05, 0.1) is 11.6 Å². The van der Waals surface area contributed by atoms with Crippen molar-refractivity contribution in [1.82, 2.24) is 4.57 Å². The van der Waals surface area contributed by atoms with Gasteiger partial charge >= 0.3 is 0 Å². The fourth-order valence-electron chi connectivity index (χ4n) is 5.91. The second-order valence-electron chi connectivity index (χ2n) is 10.1. The van der Waals surface area contributed by atoms with E-state index in [1.807, 2.05) is 78.5 Å². The molecule has 0 radical (unpaired) electrons. The molecular weight excluding hydrogens is 460 g/mol. The molecule has 6 rings (SSSR count). The Morgan fingerprint density at radius 1 is 0.946 bits per heavy atom. The Hall–Kier alpha value is -4.12. The number of ketones is 1. The predicted octanol–water partition coefficient (Wildman–Crippen LogP) is 6.25. The Balaban J connectivity index is 1.58. The lowest BCUT2D eigenvalue weighted by Crippen LogP contribution is -2.29. The van der Waals surface area contributed by atoms with Crippen LogP contribution >= 0.6 is 0 Å². The zero-order valence-corrected chi connectivity index (χ0v) is 21.2. The van der Waals surface area contributed by atoms with Crippen molar-refractivity contribution in [3.63, 3.8) is 0 Å². The van der Waals surface area contributed by atoms with Crippen LogP contribution in [0, 0.1) is 0 Å². The van der Waals surface area contributed by atoms with E-state index in [-0.39, 0.29) is 11.3 Å². The molecule has 2 heterocycles. The number of aliphatic hydroxyl groups is 1. The van der Waals surface area contributed by atoms with Crippen LogP contribution in [0.2, 0.25) is 0 Å². The first-order valence-corrected chi connectivity index (χ1v) is 13.0. The first-order valence-electron chi connectivity index (χ1n) is 13.0. The Kier molecular flexibility index (Phi) is 5.71. The third-order valence-corrected chi connectivity index (χ3v) is 7.91. The molecule has 5 heteroatoms. The third kappa shape index (κ3) is 3.77. The second kappa shape index (κ2) is 9.07. The number of nitrogens with zero attached hydrogens (tertiary/aromatic N) is 2. The van der Waals surface area contributed by atoms with Crippen molar-refractivity contribution in [2.24, 2.45) is 7.05 Å². The van der Waals surface area contributed by atoms with Gasteiger partial charge in [-0.15, -0.1) is 0 Å². The van der Waals surface area contributed by atoms with Crippen molar-refractivity contribution in [3.05, 3.63) is 106 Å². The lowest BCUT2D eigenvalue weighted by atomic mass is 9.88. The summed E-state index contributed by atoms with van der Waals surface area (Å²) < 4.78 is 2.00. The van der Waals surface area contributed by atoms with Crippen LogP contribution in [-0.2, 0) is 35.9 Å². The van der Waals surface area contributed by atoms with Gasteiger partial charge in [0.15, 0.2) is 0 Å². The number of fused-ring (bicyclic) bond motifs is 2. The lowest BCUT2D eigenvalue weighted by Gasteiger charge is -2.25. The molecular formula is C32H30N2O3. The molecule has 5 nitrogen and oxygen atoms in total. The van der Waals surface area contributed by atoms with Gasteiger partial charge in [0.25, 0.3) is 11.7 Å². The van der Waals surface area contributed by atoms with Crippen LogP contribution in [0.25, 0.3) is 16.7 Å². The van der Waals surface area contributed by atoms with E-state index in [9.17, 15) is 14.7 Å². The smallest absolute Gasteiger partial charge is 0.300 e. The topological polar surface area (TPSA) is 62.5 Å². The van der Waals surface area contributed by atoms with Crippen LogP contribution < -0.4 is 4.90 Å². The first-order chi connectivity index (χ1) is 18.0. The molecule has 4 aromatic rings. The number of hydrogen-bond donors (Lipinski definition) is 1. The number of amides is 1. The summed E-state index contributed by atoms with van der Waals surface area (Å²) in [5, 5.41) is 12.6. The molecule has 1 unspecified atom stereocenters. The number of benzene rings is 3. The zero-order valence-electron chi connectivity index (χ0n) is 21.2. The Morgan fingerprint density at radius 3 is 2.43 bits per heavy atom. The lowest BCUT2D eigenvalue weighted by molar-refractivity contribution is -0.132. The highest BCUT2D eigenvalue weighted by Gasteiger charge is 2.48. The summed E-state index contributed by atoms with van der Waals surface area (Å²) in [4.78, 5) is 28.8. The van der Waals surface area contributed by atoms with Crippen molar-refractivity contribution >= 4 is 34.0 Å². The van der Waals surface area contributed by atoms with Gasteiger partial charge in [-0.1, -0.05) is 49.4 Å². The Labute approximate surface area is 216 Å². The van der Waals surface area contributed by atoms with Crippen molar-refractivity contribution in [1.29, 1.82) is 0 Å². The fourth-order valence-corrected chi connectivity index (χ4v) is 5.91. The number of Topliss-reactive ketones (excluding diaryl/α,β-unsaturated/α-hetero) is 1. The van der Waals surface area contributed by atoms with E-state index < -0.39 is 17.7 Å². The largest absolute Gasteiger partial charge is 0.507 e. The average Bonchev–Trinajstić information content (AvgIpc) is 3.41. The normalized spacial score (nSPS) is 19.0. The molecule has 37 heavy (non-hydrogen) atoms. The highest BCUT2D eigenvalue weighted by molar-refractivity contribution is 6.51. The van der Waals surface area contributed by atoms with Gasteiger partial charge in [-0.25, -0.2) is 0 Å². The quantitative estimate of drug-likeness (QED) is 0.209. The number of carbonyl (C=O) groups is 2. The molecule has 2 aliphatic rings. The summed E-state index contributed by atoms with van der Waals surface area (Å²) in [5.41, 5.74) is 6.83. The number of hydrogen-bond acceptors (Lipinski definition) is 3. The highest BCUT2D eigenvalue weighted by atomic mass is 16.3. The summed E-state index contributed by atoms with van der Waals surface area (Å²) in [7, 11) is 1.96. The Morgan fingerprint density at radius 2 is 1.68 bits per heavy atom. The molecule has 186 valence electrons. The van der Waals surface area contributed by atoms with Crippen molar-refractivity contribution in [3.8, 4) is 0 Å². The van der Waals surface area contributed by atoms with Gasteiger partial charge in [0.2, 0.25) is 0 Å². The average molecular weight is 491 g/mol. The van der Waals surface area contributed by atoms with Crippen LogP contribution in [-0.4, -0.2) is 21.4 Å². The molecule has 1 fully saturated rings. The summed E-state index contributed by atoms with van der Waals surface area (Å²) in [6.07, 6.45) is 7.12. The maximum absolute atomic E-state index is 13.6. The molecule has 1 aromatic heterocycles. The van der Waals surface area contributed by atoms with Gasteiger partial charge in [-0.2, -0.15) is 0 Å². The van der Waals surface area contributed by atoms with E-state index in [4.69, 9.17) is 0 Å². The first kappa shape index (κ1) is 23.3. The van der Waals surface area contributed by atoms with Crippen LogP contribution in [0.3, 0.4) is 0 Å². The minimum absolute atomic E-state index is 0.114. The van der Waals surface area contributed by atoms with Gasteiger partial charge in [0.1, 0.15) is 5.76 Å². The molecule has 1 aliphatic heterocycles. The standard InChI is InChI=1S/C32H30N2O3/c1-3-20-12-16-24(17-13-20)34-29(26-19-33(2)27-11-7-6-10-25(26)27)28(31(36)32(34)37)30(35)23-15-14-21-8-4-5-9-22(21)18-23/h6-7,10-19,29,35H,3-5,8-9H2,1-2H3/b30-28+. The van der Waals surface area contributed by atoms with E-state index in [0.717, 1.165) is 47.7 Å². The number of para-hydroxylation sites is 1. The minimum atomic E-state index is -0.741. The van der Waals surface area contributed by atoms with Crippen molar-refractivity contribution in [2.45, 2.75) is 45.1 Å². The Bertz CT molecular complexity index is 1580. The molecule has 3 aromatic carbocycles. The van der Waals surface area contributed by atoms with E-state index in [1.165, 1.54) is 17.5 Å². The number of carbonyl (C=O) groups excluding carboxylic acids is 2. The van der Waals surface area contributed by atoms with E-state index in [1.54, 1.807) is 4.90 Å². The number of aromatic nitrogens is 1. The third-order valence-electron chi connectivity index (χ3n) is 7.91. The van der Waals surface area contributed by atoms with Crippen LogP contribution in [0.5, 0.6) is 0 Å². The fraction of sp³-hybridized carbons (Fsp3) is 0.250. The summed E-state index contributed by atoms with van der Waals surface area (Å²) in [6, 6.07) is 20.9. The van der Waals surface area contributed by atoms with Gasteiger partial charge in [-0.05, 0) is 73.1 Å². The van der Waals surface area contributed by atoms with Crippen LogP contribution in [0.4, 0.5) is 5.69 Å². The summed E-state index contributed by atoms with van der Waals surface area (Å²) in [5.74, 6) is -1.40. The predicted molar refractivity (Wildman–Crippen MR) is 147 cm³/mol. The second-order valence-corrected chi connectivity index (χ2v) is 10.1. The van der Waals surface area contributed by atoms with E-state index >= 15 is 0 Å². The molecule has 0 bridgehead atoms. The van der Waals surface area contributed by atoms with Gasteiger partial charge in [0, 0.05) is 41.0 Å². The number of rotatable bonds is 4.